The first-order chi connectivity index (χ1) is 6.74. The summed E-state index contributed by atoms with van der Waals surface area (Å²) >= 11 is 3.40. The van der Waals surface area contributed by atoms with Gasteiger partial charge in [-0.2, -0.15) is 5.26 Å². The van der Waals surface area contributed by atoms with E-state index in [4.69, 9.17) is 5.26 Å². The van der Waals surface area contributed by atoms with Crippen molar-refractivity contribution in [3.8, 4) is 6.07 Å². The zero-order valence-corrected chi connectivity index (χ0v) is 10.5. The first-order valence-corrected chi connectivity index (χ1v) is 5.65. The molecule has 0 spiro atoms. The van der Waals surface area contributed by atoms with Crippen LogP contribution in [0.1, 0.15) is 38.7 Å². The normalized spacial score (nSPS) is 10.8. The highest BCUT2D eigenvalue weighted by atomic mass is 79.9. The molecule has 0 saturated heterocycles. The summed E-state index contributed by atoms with van der Waals surface area (Å²) < 4.78 is 1.07. The average molecular weight is 254 g/mol. The molecule has 1 atom stereocenters. The highest BCUT2D eigenvalue weighted by molar-refractivity contribution is 9.10. The minimum absolute atomic E-state index is 0.326. The van der Waals surface area contributed by atoms with E-state index in [0.717, 1.165) is 4.47 Å². The van der Waals surface area contributed by atoms with Crippen molar-refractivity contribution < 1.29 is 0 Å². The number of nitriles is 1. The molecule has 0 aliphatic rings. The Bertz CT molecular complexity index is 301. The fourth-order valence-electron chi connectivity index (χ4n) is 1.07. The van der Waals surface area contributed by atoms with Crippen molar-refractivity contribution in [2.45, 2.75) is 33.1 Å². The van der Waals surface area contributed by atoms with E-state index in [1.807, 2.05) is 32.0 Å². The van der Waals surface area contributed by atoms with Gasteiger partial charge in [0.15, 0.2) is 0 Å². The largest absolute Gasteiger partial charge is 0.198 e. The van der Waals surface area contributed by atoms with Gasteiger partial charge in [-0.05, 0) is 23.6 Å². The standard InChI is InChI=1S/C10H10BrN.C2H6/c1-8(5-6-12)9-3-2-4-10(11)7-9;1-2/h2-4,7-8H,5H2,1H3;1-2H3. The van der Waals surface area contributed by atoms with Crippen LogP contribution in [0.15, 0.2) is 28.7 Å². The van der Waals surface area contributed by atoms with Crippen LogP contribution in [0, 0.1) is 11.3 Å². The zero-order chi connectivity index (χ0) is 11.0. The van der Waals surface area contributed by atoms with Crippen LogP contribution in [0.25, 0.3) is 0 Å². The Kier molecular flexibility index (Phi) is 7.14. The molecule has 0 aliphatic carbocycles. The number of benzene rings is 1. The Morgan fingerprint density at radius 2 is 2.07 bits per heavy atom. The molecule has 0 saturated carbocycles. The van der Waals surface area contributed by atoms with Crippen molar-refractivity contribution in [1.29, 1.82) is 5.26 Å². The fraction of sp³-hybridized carbons (Fsp3) is 0.417. The van der Waals surface area contributed by atoms with E-state index in [1.165, 1.54) is 5.56 Å². The summed E-state index contributed by atoms with van der Waals surface area (Å²) in [7, 11) is 0. The molecule has 1 aromatic rings. The van der Waals surface area contributed by atoms with Crippen LogP contribution in [0.3, 0.4) is 0 Å². The second kappa shape index (κ2) is 7.58. The molecule has 76 valence electrons. The molecule has 0 heterocycles. The third-order valence-corrected chi connectivity index (χ3v) is 2.31. The van der Waals surface area contributed by atoms with E-state index in [2.05, 4.69) is 35.0 Å². The number of halogens is 1. The summed E-state index contributed by atoms with van der Waals surface area (Å²) in [5.74, 6) is 0.326. The molecule has 0 fully saturated rings. The summed E-state index contributed by atoms with van der Waals surface area (Å²) in [5, 5.41) is 8.51. The summed E-state index contributed by atoms with van der Waals surface area (Å²) in [6, 6.07) is 10.3. The molecule has 0 aromatic heterocycles. The molecule has 2 heteroatoms. The van der Waals surface area contributed by atoms with E-state index in [-0.39, 0.29) is 0 Å². The summed E-state index contributed by atoms with van der Waals surface area (Å²) in [5.41, 5.74) is 1.21. The smallest absolute Gasteiger partial charge is 0.0628 e. The molecule has 1 nitrogen and oxygen atoms in total. The van der Waals surface area contributed by atoms with Gasteiger partial charge in [0, 0.05) is 10.9 Å². The quantitative estimate of drug-likeness (QED) is 0.762. The van der Waals surface area contributed by atoms with Crippen LogP contribution in [-0.2, 0) is 0 Å². The predicted octanol–water partition coefficient (Wildman–Crippen LogP) is 4.49. The number of rotatable bonds is 2. The topological polar surface area (TPSA) is 23.8 Å². The SMILES string of the molecule is CC.CC(CC#N)c1cccc(Br)c1. The van der Waals surface area contributed by atoms with Crippen LogP contribution in [0.4, 0.5) is 0 Å². The lowest BCUT2D eigenvalue weighted by atomic mass is 9.99. The number of hydrogen-bond donors (Lipinski definition) is 0. The summed E-state index contributed by atoms with van der Waals surface area (Å²) in [6.07, 6.45) is 0.580. The minimum atomic E-state index is 0.326. The van der Waals surface area contributed by atoms with E-state index >= 15 is 0 Å². The monoisotopic (exact) mass is 253 g/mol. The maximum absolute atomic E-state index is 8.51. The van der Waals surface area contributed by atoms with Gasteiger partial charge in [0.25, 0.3) is 0 Å². The van der Waals surface area contributed by atoms with Crippen LogP contribution in [-0.4, -0.2) is 0 Å². The second-order valence-corrected chi connectivity index (χ2v) is 3.73. The maximum Gasteiger partial charge on any atom is 0.0628 e. The van der Waals surface area contributed by atoms with Crippen molar-refractivity contribution >= 4 is 15.9 Å². The molecule has 0 radical (unpaired) electrons. The molecule has 1 unspecified atom stereocenters. The van der Waals surface area contributed by atoms with Gasteiger partial charge in [-0.25, -0.2) is 0 Å². The molecule has 0 amide bonds. The molecular weight excluding hydrogens is 238 g/mol. The van der Waals surface area contributed by atoms with Crippen LogP contribution < -0.4 is 0 Å². The van der Waals surface area contributed by atoms with Crippen LogP contribution >= 0.6 is 15.9 Å². The lowest BCUT2D eigenvalue weighted by Gasteiger charge is -2.06. The Morgan fingerprint density at radius 1 is 1.43 bits per heavy atom. The molecule has 14 heavy (non-hydrogen) atoms. The highest BCUT2D eigenvalue weighted by Gasteiger charge is 2.03. The molecule has 1 aromatic carbocycles. The first-order valence-electron chi connectivity index (χ1n) is 4.86. The highest BCUT2D eigenvalue weighted by Crippen LogP contribution is 2.21. The predicted molar refractivity (Wildman–Crippen MR) is 64.1 cm³/mol. The van der Waals surface area contributed by atoms with Gasteiger partial charge in [-0.3, -0.25) is 0 Å². The lowest BCUT2D eigenvalue weighted by Crippen LogP contribution is -1.90. The third kappa shape index (κ3) is 4.43. The minimum Gasteiger partial charge on any atom is -0.198 e. The van der Waals surface area contributed by atoms with Crippen molar-refractivity contribution in [2.24, 2.45) is 0 Å². The Balaban J connectivity index is 0.000000791. The number of nitrogens with zero attached hydrogens (tertiary/aromatic N) is 1. The van der Waals surface area contributed by atoms with E-state index in [1.54, 1.807) is 0 Å². The Morgan fingerprint density at radius 3 is 2.57 bits per heavy atom. The van der Waals surface area contributed by atoms with E-state index < -0.39 is 0 Å². The van der Waals surface area contributed by atoms with Crippen molar-refractivity contribution in [1.82, 2.24) is 0 Å². The van der Waals surface area contributed by atoms with Crippen LogP contribution in [0.5, 0.6) is 0 Å². The molecule has 0 bridgehead atoms. The average Bonchev–Trinajstić information content (AvgIpc) is 2.21. The van der Waals surface area contributed by atoms with Gasteiger partial charge < -0.3 is 0 Å². The molecule has 0 aliphatic heterocycles. The van der Waals surface area contributed by atoms with E-state index in [0.29, 0.717) is 12.3 Å². The van der Waals surface area contributed by atoms with Gasteiger partial charge in [0.1, 0.15) is 0 Å². The van der Waals surface area contributed by atoms with Gasteiger partial charge >= 0.3 is 0 Å². The molecular formula is C12H16BrN. The fourth-order valence-corrected chi connectivity index (χ4v) is 1.48. The summed E-state index contributed by atoms with van der Waals surface area (Å²) in [6.45, 7) is 6.06. The Labute approximate surface area is 94.9 Å². The maximum atomic E-state index is 8.51. The second-order valence-electron chi connectivity index (χ2n) is 2.82. The van der Waals surface area contributed by atoms with Crippen LogP contribution in [0.2, 0.25) is 0 Å². The van der Waals surface area contributed by atoms with Gasteiger partial charge in [0.05, 0.1) is 6.07 Å². The lowest BCUT2D eigenvalue weighted by molar-refractivity contribution is 0.788. The molecule has 1 rings (SSSR count). The van der Waals surface area contributed by atoms with Crippen molar-refractivity contribution in [3.63, 3.8) is 0 Å². The Hall–Kier alpha value is -0.810. The van der Waals surface area contributed by atoms with Gasteiger partial charge in [-0.15, -0.1) is 0 Å². The number of hydrogen-bond acceptors (Lipinski definition) is 1. The molecule has 0 N–H and O–H groups in total. The first kappa shape index (κ1) is 13.2. The third-order valence-electron chi connectivity index (χ3n) is 1.82. The van der Waals surface area contributed by atoms with Gasteiger partial charge in [-0.1, -0.05) is 48.8 Å². The van der Waals surface area contributed by atoms with Crippen molar-refractivity contribution in [2.75, 3.05) is 0 Å². The van der Waals surface area contributed by atoms with E-state index in [9.17, 15) is 0 Å². The zero-order valence-electron chi connectivity index (χ0n) is 8.92. The summed E-state index contributed by atoms with van der Waals surface area (Å²) in [4.78, 5) is 0. The van der Waals surface area contributed by atoms with Crippen molar-refractivity contribution in [3.05, 3.63) is 34.3 Å². The van der Waals surface area contributed by atoms with Gasteiger partial charge in [0.2, 0.25) is 0 Å².